The number of tetrazole rings is 1. The van der Waals surface area contributed by atoms with Crippen molar-refractivity contribution in [2.45, 2.75) is 13.0 Å². The van der Waals surface area contributed by atoms with E-state index in [2.05, 4.69) is 20.8 Å². The number of Topliss-reactive ketones (excluding diaryl/α,β-unsaturated/α-hetero) is 1. The van der Waals surface area contributed by atoms with Gasteiger partial charge in [0, 0.05) is 10.6 Å². The number of esters is 1. The maximum absolute atomic E-state index is 13.5. The molecule has 0 fully saturated rings. The van der Waals surface area contributed by atoms with Crippen molar-refractivity contribution >= 4 is 29.3 Å². The second-order valence-electron chi connectivity index (χ2n) is 6.50. The summed E-state index contributed by atoms with van der Waals surface area (Å²) in [5.41, 5.74) is 2.33. The lowest BCUT2D eigenvalue weighted by Crippen LogP contribution is -2.32. The Bertz CT molecular complexity index is 1120. The number of rotatable bonds is 4. The molecule has 1 aromatic heterocycles. The molecule has 2 heterocycles. The van der Waals surface area contributed by atoms with Crippen molar-refractivity contribution in [3.05, 3.63) is 81.5 Å². The highest BCUT2D eigenvalue weighted by atomic mass is 35.5. The van der Waals surface area contributed by atoms with Gasteiger partial charge in [-0.2, -0.15) is 4.68 Å². The molecule has 9 heteroatoms. The number of ketones is 1. The molecule has 8 nitrogen and oxygen atoms in total. The molecule has 1 aliphatic heterocycles. The average molecular weight is 410 g/mol. The van der Waals surface area contributed by atoms with Crippen molar-refractivity contribution in [2.75, 3.05) is 12.4 Å². The largest absolute Gasteiger partial charge is 0.464 e. The van der Waals surface area contributed by atoms with Crippen LogP contribution in [0.2, 0.25) is 5.02 Å². The van der Waals surface area contributed by atoms with Gasteiger partial charge in [0.05, 0.1) is 12.7 Å². The highest BCUT2D eigenvalue weighted by molar-refractivity contribution is 6.30. The Labute approximate surface area is 171 Å². The van der Waals surface area contributed by atoms with Gasteiger partial charge in [-0.1, -0.05) is 58.7 Å². The van der Waals surface area contributed by atoms with Crippen LogP contribution in [0.25, 0.3) is 0 Å². The Morgan fingerprint density at radius 2 is 1.79 bits per heavy atom. The fourth-order valence-electron chi connectivity index (χ4n) is 3.20. The maximum atomic E-state index is 13.5. The predicted molar refractivity (Wildman–Crippen MR) is 106 cm³/mol. The summed E-state index contributed by atoms with van der Waals surface area (Å²) in [6, 6.07) is 13.3. The molecular weight excluding hydrogens is 394 g/mol. The minimum absolute atomic E-state index is 0.000301. The Balaban J connectivity index is 1.94. The smallest absolute Gasteiger partial charge is 0.355 e. The van der Waals surface area contributed by atoms with Gasteiger partial charge in [0.2, 0.25) is 5.95 Å². The summed E-state index contributed by atoms with van der Waals surface area (Å²) >= 11 is 6.03. The Morgan fingerprint density at radius 3 is 2.45 bits per heavy atom. The molecule has 1 atom stereocenters. The van der Waals surface area contributed by atoms with E-state index in [0.29, 0.717) is 16.1 Å². The van der Waals surface area contributed by atoms with Crippen molar-refractivity contribution in [3.8, 4) is 0 Å². The van der Waals surface area contributed by atoms with Gasteiger partial charge in [-0.15, -0.1) is 0 Å². The summed E-state index contributed by atoms with van der Waals surface area (Å²) < 4.78 is 6.36. The zero-order valence-electron chi connectivity index (χ0n) is 15.6. The van der Waals surface area contributed by atoms with Crippen LogP contribution in [0.5, 0.6) is 0 Å². The third-order valence-electron chi connectivity index (χ3n) is 4.65. The fraction of sp³-hybridized carbons (Fsp3) is 0.150. The Morgan fingerprint density at radius 1 is 1.10 bits per heavy atom. The molecular formula is C20H16ClN5O3. The molecule has 2 aromatic carbocycles. The van der Waals surface area contributed by atoms with Crippen LogP contribution in [0, 0.1) is 6.92 Å². The van der Waals surface area contributed by atoms with Crippen LogP contribution >= 0.6 is 11.6 Å². The van der Waals surface area contributed by atoms with Crippen LogP contribution in [0.15, 0.2) is 59.8 Å². The standard InChI is InChI=1S/C20H16ClN5O3/c1-11-3-5-13(6-4-11)18(27)15-16(19(28)29-2)22-20-23-24-25-26(20)17(15)12-7-9-14(21)10-8-12/h3-10,17H,1-2H3,(H,22,23,25)/t17-/m0/s1. The highest BCUT2D eigenvalue weighted by Crippen LogP contribution is 2.36. The number of carbonyl (C=O) groups excluding carboxylic acids is 2. The molecule has 29 heavy (non-hydrogen) atoms. The zero-order valence-corrected chi connectivity index (χ0v) is 16.3. The van der Waals surface area contributed by atoms with Crippen LogP contribution in [-0.4, -0.2) is 39.1 Å². The van der Waals surface area contributed by atoms with Gasteiger partial charge >= 0.3 is 5.97 Å². The van der Waals surface area contributed by atoms with Gasteiger partial charge in [-0.3, -0.25) is 4.79 Å². The summed E-state index contributed by atoms with van der Waals surface area (Å²) in [5.74, 6) is -0.793. The van der Waals surface area contributed by atoms with Crippen molar-refractivity contribution in [1.82, 2.24) is 20.2 Å². The number of carbonyl (C=O) groups is 2. The molecule has 0 bridgehead atoms. The minimum atomic E-state index is -0.735. The lowest BCUT2D eigenvalue weighted by atomic mass is 9.89. The number of fused-ring (bicyclic) bond motifs is 1. The third kappa shape index (κ3) is 3.38. The van der Waals surface area contributed by atoms with Gasteiger partial charge in [-0.25, -0.2) is 4.79 Å². The normalized spacial score (nSPS) is 15.5. The van der Waals surface area contributed by atoms with Crippen molar-refractivity contribution in [2.24, 2.45) is 0 Å². The summed E-state index contributed by atoms with van der Waals surface area (Å²) in [6.45, 7) is 1.93. The van der Waals surface area contributed by atoms with Crippen molar-refractivity contribution in [3.63, 3.8) is 0 Å². The van der Waals surface area contributed by atoms with E-state index < -0.39 is 12.0 Å². The first-order chi connectivity index (χ1) is 14.0. The SMILES string of the molecule is COC(=O)C1=C(C(=O)c2ccc(C)cc2)[C@H](c2ccc(Cl)cc2)n2nnnc2N1. The lowest BCUT2D eigenvalue weighted by molar-refractivity contribution is -0.136. The molecule has 146 valence electrons. The molecule has 0 amide bonds. The van der Waals surface area contributed by atoms with Crippen molar-refractivity contribution < 1.29 is 14.3 Å². The fourth-order valence-corrected chi connectivity index (χ4v) is 3.33. The quantitative estimate of drug-likeness (QED) is 0.522. The first kappa shape index (κ1) is 18.8. The number of ether oxygens (including phenoxy) is 1. The summed E-state index contributed by atoms with van der Waals surface area (Å²) in [6.07, 6.45) is 0. The van der Waals surface area contributed by atoms with Crippen molar-refractivity contribution in [1.29, 1.82) is 0 Å². The monoisotopic (exact) mass is 409 g/mol. The number of aromatic nitrogens is 4. The van der Waals surface area contributed by atoms with Crippen LogP contribution < -0.4 is 5.32 Å². The lowest BCUT2D eigenvalue weighted by Gasteiger charge is -2.28. The number of nitrogens with one attached hydrogen (secondary N) is 1. The zero-order chi connectivity index (χ0) is 20.5. The molecule has 0 spiro atoms. The van der Waals surface area contributed by atoms with E-state index >= 15 is 0 Å². The molecule has 1 aliphatic rings. The van der Waals surface area contributed by atoms with Crippen LogP contribution in [-0.2, 0) is 9.53 Å². The average Bonchev–Trinajstić information content (AvgIpc) is 3.21. The maximum Gasteiger partial charge on any atom is 0.355 e. The minimum Gasteiger partial charge on any atom is -0.464 e. The van der Waals surface area contributed by atoms with Gasteiger partial charge in [0.1, 0.15) is 11.7 Å². The molecule has 4 rings (SSSR count). The number of aryl methyl sites for hydroxylation is 1. The summed E-state index contributed by atoms with van der Waals surface area (Å²) in [4.78, 5) is 26.0. The van der Waals surface area contributed by atoms with Gasteiger partial charge < -0.3 is 10.1 Å². The number of hydrogen-bond acceptors (Lipinski definition) is 7. The second kappa shape index (κ2) is 7.48. The number of hydrogen-bond donors (Lipinski definition) is 1. The van der Waals surface area contributed by atoms with Gasteiger partial charge in [0.15, 0.2) is 5.78 Å². The molecule has 3 aromatic rings. The van der Waals surface area contributed by atoms with E-state index in [0.717, 1.165) is 5.56 Å². The van der Waals surface area contributed by atoms with Gasteiger partial charge in [-0.05, 0) is 35.0 Å². The molecule has 0 unspecified atom stereocenters. The number of allylic oxidation sites excluding steroid dienone is 1. The summed E-state index contributed by atoms with van der Waals surface area (Å²) in [5, 5.41) is 15.0. The van der Waals surface area contributed by atoms with E-state index in [1.165, 1.54) is 11.8 Å². The highest BCUT2D eigenvalue weighted by Gasteiger charge is 2.38. The first-order valence-corrected chi connectivity index (χ1v) is 9.11. The predicted octanol–water partition coefficient (Wildman–Crippen LogP) is 2.96. The second-order valence-corrected chi connectivity index (χ2v) is 6.94. The van der Waals surface area contributed by atoms with Gasteiger partial charge in [0.25, 0.3) is 0 Å². The Kier molecular flexibility index (Phi) is 4.85. The van der Waals surface area contributed by atoms with Crippen LogP contribution in [0.1, 0.15) is 27.5 Å². The topological polar surface area (TPSA) is 99.0 Å². The van der Waals surface area contributed by atoms with E-state index in [1.807, 2.05) is 19.1 Å². The number of halogens is 1. The number of anilines is 1. The molecule has 1 N–H and O–H groups in total. The van der Waals surface area contributed by atoms with E-state index in [-0.39, 0.29) is 23.0 Å². The first-order valence-electron chi connectivity index (χ1n) is 8.74. The third-order valence-corrected chi connectivity index (χ3v) is 4.90. The van der Waals surface area contributed by atoms with E-state index in [1.54, 1.807) is 36.4 Å². The number of nitrogens with zero attached hydrogens (tertiary/aromatic N) is 4. The summed E-state index contributed by atoms with van der Waals surface area (Å²) in [7, 11) is 1.25. The number of methoxy groups -OCH3 is 1. The Hall–Kier alpha value is -3.52. The van der Waals surface area contributed by atoms with Crippen LogP contribution in [0.3, 0.4) is 0 Å². The molecule has 0 aliphatic carbocycles. The number of benzene rings is 2. The molecule has 0 radical (unpaired) electrons. The molecule has 0 saturated carbocycles. The van der Waals surface area contributed by atoms with E-state index in [4.69, 9.17) is 16.3 Å². The van der Waals surface area contributed by atoms with Crippen LogP contribution in [0.4, 0.5) is 5.95 Å². The molecule has 0 saturated heterocycles. The van der Waals surface area contributed by atoms with E-state index in [9.17, 15) is 9.59 Å².